The van der Waals surface area contributed by atoms with Gasteiger partial charge < -0.3 is 14.4 Å². The number of nitrogens with zero attached hydrogens (tertiary/aromatic N) is 1. The first-order chi connectivity index (χ1) is 9.56. The minimum Gasteiger partial charge on any atom is -0.478 e. The van der Waals surface area contributed by atoms with Gasteiger partial charge >= 0.3 is 5.97 Å². The van der Waals surface area contributed by atoms with Crippen LogP contribution in [0.5, 0.6) is 0 Å². The molecule has 0 amide bonds. The molecule has 1 N–H and O–H groups in total. The molecule has 20 heavy (non-hydrogen) atoms. The predicted molar refractivity (Wildman–Crippen MR) is 77.5 cm³/mol. The Bertz CT molecular complexity index is 680. The number of hydrogen-bond donors (Lipinski definition) is 1. The maximum atomic E-state index is 10.6. The number of fused-ring (bicyclic) bond motifs is 1. The molecular formula is C16H17NO3. The third-order valence-electron chi connectivity index (χ3n) is 3.67. The van der Waals surface area contributed by atoms with Gasteiger partial charge in [0.1, 0.15) is 0 Å². The molecule has 1 aromatic carbocycles. The third-order valence-corrected chi connectivity index (χ3v) is 3.67. The molecule has 3 rings (SSSR count). The van der Waals surface area contributed by atoms with E-state index in [1.807, 2.05) is 18.2 Å². The zero-order chi connectivity index (χ0) is 14.2. The van der Waals surface area contributed by atoms with Crippen LogP contribution in [0.25, 0.3) is 17.0 Å². The summed E-state index contributed by atoms with van der Waals surface area (Å²) in [5.74, 6) is -0.931. The Morgan fingerprint density at radius 3 is 2.90 bits per heavy atom. The summed E-state index contributed by atoms with van der Waals surface area (Å²) in [6.45, 7) is 4.73. The molecule has 4 nitrogen and oxygen atoms in total. The Labute approximate surface area is 117 Å². The number of carboxylic acid groups (broad SMARTS) is 1. The molecule has 1 aliphatic rings. The van der Waals surface area contributed by atoms with Crippen molar-refractivity contribution in [2.75, 3.05) is 13.2 Å². The molecule has 0 atom stereocenters. The Kier molecular flexibility index (Phi) is 3.10. The van der Waals surface area contributed by atoms with Crippen LogP contribution in [0, 0.1) is 5.41 Å². The standard InChI is InChI=1S/C16H17NO3/c1-16(10-20-11-16)9-17-7-6-13-4-2-12(8-14(13)17)3-5-15(18)19/h2-8H,9-11H2,1H3,(H,18,19)/b5-3+. The lowest BCUT2D eigenvalue weighted by molar-refractivity contribution is -0.131. The summed E-state index contributed by atoms with van der Waals surface area (Å²) < 4.78 is 7.52. The largest absolute Gasteiger partial charge is 0.478 e. The molecule has 104 valence electrons. The fourth-order valence-electron chi connectivity index (χ4n) is 2.56. The lowest BCUT2D eigenvalue weighted by Crippen LogP contribution is -2.42. The molecule has 2 aromatic rings. The van der Waals surface area contributed by atoms with E-state index in [1.165, 1.54) is 5.39 Å². The van der Waals surface area contributed by atoms with Crippen LogP contribution in [0.4, 0.5) is 0 Å². The number of carboxylic acids is 1. The van der Waals surface area contributed by atoms with Crippen LogP contribution >= 0.6 is 0 Å². The number of benzene rings is 1. The van der Waals surface area contributed by atoms with Crippen molar-refractivity contribution in [1.82, 2.24) is 4.57 Å². The topological polar surface area (TPSA) is 51.5 Å². The highest BCUT2D eigenvalue weighted by Crippen LogP contribution is 2.30. The maximum absolute atomic E-state index is 10.6. The van der Waals surface area contributed by atoms with E-state index < -0.39 is 5.97 Å². The van der Waals surface area contributed by atoms with Crippen molar-refractivity contribution < 1.29 is 14.6 Å². The normalized spacial score (nSPS) is 17.4. The molecule has 0 spiro atoms. The Hall–Kier alpha value is -2.07. The predicted octanol–water partition coefficient (Wildman–Crippen LogP) is 2.78. The fraction of sp³-hybridized carbons (Fsp3) is 0.312. The first-order valence-electron chi connectivity index (χ1n) is 6.63. The molecule has 4 heteroatoms. The monoisotopic (exact) mass is 271 g/mol. The van der Waals surface area contributed by atoms with Gasteiger partial charge in [0.2, 0.25) is 0 Å². The summed E-state index contributed by atoms with van der Waals surface area (Å²) in [6.07, 6.45) is 4.86. The molecule has 1 saturated heterocycles. The van der Waals surface area contributed by atoms with Gasteiger partial charge in [0.05, 0.1) is 13.2 Å². The average Bonchev–Trinajstić information content (AvgIpc) is 2.77. The summed E-state index contributed by atoms with van der Waals surface area (Å²) in [5.41, 5.74) is 2.24. The second-order valence-corrected chi connectivity index (χ2v) is 5.74. The number of hydrogen-bond acceptors (Lipinski definition) is 2. The zero-order valence-corrected chi connectivity index (χ0v) is 11.4. The van der Waals surface area contributed by atoms with Gasteiger partial charge in [-0.1, -0.05) is 19.1 Å². The van der Waals surface area contributed by atoms with E-state index in [0.717, 1.165) is 36.9 Å². The van der Waals surface area contributed by atoms with Gasteiger partial charge in [-0.15, -0.1) is 0 Å². The highest BCUT2D eigenvalue weighted by Gasteiger charge is 2.33. The number of aromatic nitrogens is 1. The molecule has 1 aliphatic heterocycles. The third kappa shape index (κ3) is 2.47. The quantitative estimate of drug-likeness (QED) is 0.870. The van der Waals surface area contributed by atoms with Crippen molar-refractivity contribution >= 4 is 22.9 Å². The second kappa shape index (κ2) is 4.80. The van der Waals surface area contributed by atoms with Gasteiger partial charge in [0.25, 0.3) is 0 Å². The summed E-state index contributed by atoms with van der Waals surface area (Å²) >= 11 is 0. The van der Waals surface area contributed by atoms with Crippen LogP contribution in [-0.4, -0.2) is 28.9 Å². The average molecular weight is 271 g/mol. The van der Waals surface area contributed by atoms with Crippen molar-refractivity contribution in [2.24, 2.45) is 5.41 Å². The lowest BCUT2D eigenvalue weighted by Gasteiger charge is -2.38. The summed E-state index contributed by atoms with van der Waals surface area (Å²) in [4.78, 5) is 10.6. The molecule has 0 unspecified atom stereocenters. The number of rotatable bonds is 4. The first-order valence-corrected chi connectivity index (χ1v) is 6.63. The fourth-order valence-corrected chi connectivity index (χ4v) is 2.56. The Morgan fingerprint density at radius 2 is 2.25 bits per heavy atom. The molecule has 0 aliphatic carbocycles. The minimum absolute atomic E-state index is 0.207. The Morgan fingerprint density at radius 1 is 1.45 bits per heavy atom. The molecule has 1 fully saturated rings. The maximum Gasteiger partial charge on any atom is 0.328 e. The molecule has 0 saturated carbocycles. The lowest BCUT2D eigenvalue weighted by atomic mass is 9.88. The van der Waals surface area contributed by atoms with E-state index in [0.29, 0.717) is 0 Å². The van der Waals surface area contributed by atoms with Crippen molar-refractivity contribution in [1.29, 1.82) is 0 Å². The van der Waals surface area contributed by atoms with E-state index in [4.69, 9.17) is 9.84 Å². The van der Waals surface area contributed by atoms with Crippen LogP contribution in [0.1, 0.15) is 12.5 Å². The highest BCUT2D eigenvalue weighted by molar-refractivity contribution is 5.87. The summed E-state index contributed by atoms with van der Waals surface area (Å²) in [6, 6.07) is 8.06. The summed E-state index contributed by atoms with van der Waals surface area (Å²) in [7, 11) is 0. The van der Waals surface area contributed by atoms with Crippen LogP contribution in [-0.2, 0) is 16.1 Å². The molecule has 2 heterocycles. The van der Waals surface area contributed by atoms with Gasteiger partial charge in [-0.3, -0.25) is 0 Å². The van der Waals surface area contributed by atoms with E-state index in [1.54, 1.807) is 6.08 Å². The Balaban J connectivity index is 1.93. The van der Waals surface area contributed by atoms with Gasteiger partial charge in [-0.2, -0.15) is 0 Å². The number of ether oxygens (including phenoxy) is 1. The zero-order valence-electron chi connectivity index (χ0n) is 11.4. The van der Waals surface area contributed by atoms with E-state index in [9.17, 15) is 4.79 Å². The molecule has 1 aromatic heterocycles. The highest BCUT2D eigenvalue weighted by atomic mass is 16.5. The van der Waals surface area contributed by atoms with Crippen LogP contribution < -0.4 is 0 Å². The molecule has 0 radical (unpaired) electrons. The van der Waals surface area contributed by atoms with Crippen molar-refractivity contribution in [3.8, 4) is 0 Å². The first kappa shape index (κ1) is 12.9. The van der Waals surface area contributed by atoms with Gasteiger partial charge in [-0.25, -0.2) is 4.79 Å². The second-order valence-electron chi connectivity index (χ2n) is 5.74. The van der Waals surface area contributed by atoms with E-state index in [-0.39, 0.29) is 5.41 Å². The van der Waals surface area contributed by atoms with Crippen molar-refractivity contribution in [2.45, 2.75) is 13.5 Å². The van der Waals surface area contributed by atoms with Crippen molar-refractivity contribution in [3.05, 3.63) is 42.1 Å². The van der Waals surface area contributed by atoms with Crippen LogP contribution in [0.3, 0.4) is 0 Å². The van der Waals surface area contributed by atoms with E-state index in [2.05, 4.69) is 23.8 Å². The summed E-state index contributed by atoms with van der Waals surface area (Å²) in [5, 5.41) is 9.86. The molecular weight excluding hydrogens is 254 g/mol. The van der Waals surface area contributed by atoms with E-state index >= 15 is 0 Å². The minimum atomic E-state index is -0.931. The number of carbonyl (C=O) groups is 1. The van der Waals surface area contributed by atoms with Crippen LogP contribution in [0.2, 0.25) is 0 Å². The van der Waals surface area contributed by atoms with Gasteiger partial charge in [-0.05, 0) is 29.2 Å². The van der Waals surface area contributed by atoms with Crippen LogP contribution in [0.15, 0.2) is 36.5 Å². The number of aliphatic carboxylic acids is 1. The van der Waals surface area contributed by atoms with Crippen molar-refractivity contribution in [3.63, 3.8) is 0 Å². The van der Waals surface area contributed by atoms with Gasteiger partial charge in [0.15, 0.2) is 0 Å². The molecule has 0 bridgehead atoms. The SMILES string of the molecule is CC1(Cn2ccc3ccc(/C=C/C(=O)O)cc32)COC1. The smallest absolute Gasteiger partial charge is 0.328 e. The van der Waals surface area contributed by atoms with Gasteiger partial charge in [0, 0.05) is 29.7 Å².